The van der Waals surface area contributed by atoms with E-state index in [1.165, 1.54) is 30.2 Å². The Labute approximate surface area is 138 Å². The van der Waals surface area contributed by atoms with Crippen molar-refractivity contribution in [2.45, 2.75) is 31.3 Å². The van der Waals surface area contributed by atoms with E-state index in [4.69, 9.17) is 4.74 Å². The lowest BCUT2D eigenvalue weighted by molar-refractivity contribution is -0.274. The molecule has 1 aliphatic rings. The maximum absolute atomic E-state index is 12.7. The summed E-state index contributed by atoms with van der Waals surface area (Å²) in [6.07, 6.45) is -3.62. The van der Waals surface area contributed by atoms with Crippen molar-refractivity contribution in [3.63, 3.8) is 0 Å². The van der Waals surface area contributed by atoms with E-state index in [-0.39, 0.29) is 18.2 Å². The fraction of sp³-hybridized carbons (Fsp3) is 0.562. The molecule has 1 saturated heterocycles. The molecule has 8 heteroatoms. The van der Waals surface area contributed by atoms with Crippen LogP contribution in [0.15, 0.2) is 24.3 Å². The maximum atomic E-state index is 12.7. The maximum Gasteiger partial charge on any atom is 0.573 e. The molecule has 1 amide bonds. The molecule has 0 radical (unpaired) electrons. The van der Waals surface area contributed by atoms with E-state index in [0.717, 1.165) is 0 Å². The summed E-state index contributed by atoms with van der Waals surface area (Å²) in [6.45, 7) is 1.54. The van der Waals surface area contributed by atoms with Gasteiger partial charge in [0.2, 0.25) is 0 Å². The van der Waals surface area contributed by atoms with Crippen LogP contribution in [0, 0.1) is 0 Å². The second-order valence-corrected chi connectivity index (χ2v) is 5.80. The van der Waals surface area contributed by atoms with E-state index < -0.39 is 12.0 Å². The number of hydrogen-bond acceptors (Lipinski definition) is 4. The average Bonchev–Trinajstić information content (AvgIpc) is 2.53. The molecular weight excluding hydrogens is 325 g/mol. The van der Waals surface area contributed by atoms with Crippen LogP contribution < -0.4 is 10.1 Å². The van der Waals surface area contributed by atoms with Gasteiger partial charge in [0.05, 0.1) is 0 Å². The third-order valence-corrected chi connectivity index (χ3v) is 4.09. The highest BCUT2D eigenvalue weighted by molar-refractivity contribution is 5.85. The predicted octanol–water partition coefficient (Wildman–Crippen LogP) is 2.31. The molecule has 134 valence electrons. The number of nitrogens with one attached hydrogen (secondary N) is 1. The molecule has 0 atom stereocenters. The fourth-order valence-corrected chi connectivity index (χ4v) is 2.87. The number of nitrogens with zero attached hydrogens (tertiary/aromatic N) is 1. The second kappa shape index (κ2) is 7.40. The topological polar surface area (TPSA) is 50.8 Å². The summed E-state index contributed by atoms with van der Waals surface area (Å²) in [6, 6.07) is 5.61. The zero-order chi connectivity index (χ0) is 17.8. The van der Waals surface area contributed by atoms with Gasteiger partial charge in [-0.3, -0.25) is 4.79 Å². The Morgan fingerprint density at radius 2 is 2.00 bits per heavy atom. The van der Waals surface area contributed by atoms with Crippen LogP contribution in [-0.4, -0.2) is 50.0 Å². The summed E-state index contributed by atoms with van der Waals surface area (Å²) < 4.78 is 46.3. The summed E-state index contributed by atoms with van der Waals surface area (Å²) in [5.41, 5.74) is -0.326. The molecule has 1 aromatic rings. The first-order valence-electron chi connectivity index (χ1n) is 7.62. The zero-order valence-corrected chi connectivity index (χ0v) is 13.7. The molecule has 5 nitrogen and oxygen atoms in total. The molecule has 1 heterocycles. The molecular formula is C16H21F3N2O3. The minimum Gasteiger partial charge on any atom is -0.406 e. The summed E-state index contributed by atoms with van der Waals surface area (Å²) >= 11 is 0. The number of benzene rings is 1. The first-order valence-corrected chi connectivity index (χ1v) is 7.62. The van der Waals surface area contributed by atoms with Crippen molar-refractivity contribution in [1.82, 2.24) is 10.2 Å². The van der Waals surface area contributed by atoms with Gasteiger partial charge in [0.15, 0.2) is 0 Å². The van der Waals surface area contributed by atoms with Gasteiger partial charge in [0, 0.05) is 20.7 Å². The van der Waals surface area contributed by atoms with Gasteiger partial charge < -0.3 is 19.7 Å². The van der Waals surface area contributed by atoms with E-state index in [9.17, 15) is 18.0 Å². The van der Waals surface area contributed by atoms with Crippen LogP contribution in [0.3, 0.4) is 0 Å². The van der Waals surface area contributed by atoms with Crippen LogP contribution in [0.2, 0.25) is 0 Å². The summed E-state index contributed by atoms with van der Waals surface area (Å²) in [5, 5.41) is 3.17. The molecule has 1 aromatic carbocycles. The number of carbonyl (C=O) groups is 1. The molecule has 0 bridgehead atoms. The van der Waals surface area contributed by atoms with Crippen molar-refractivity contribution in [2.75, 3.05) is 27.2 Å². The van der Waals surface area contributed by atoms with E-state index in [0.29, 0.717) is 31.5 Å². The van der Waals surface area contributed by atoms with Crippen LogP contribution in [0.1, 0.15) is 18.4 Å². The lowest BCUT2D eigenvalue weighted by Crippen LogP contribution is -2.54. The highest BCUT2D eigenvalue weighted by atomic mass is 19.4. The quantitative estimate of drug-likeness (QED) is 0.889. The Hall–Kier alpha value is -1.80. The Bertz CT molecular complexity index is 572. The number of piperidine rings is 1. The zero-order valence-electron chi connectivity index (χ0n) is 13.7. The van der Waals surface area contributed by atoms with Gasteiger partial charge in [0.25, 0.3) is 5.91 Å². The number of amides is 1. The molecule has 0 spiro atoms. The van der Waals surface area contributed by atoms with Gasteiger partial charge >= 0.3 is 6.36 Å². The van der Waals surface area contributed by atoms with E-state index >= 15 is 0 Å². The number of likely N-dealkylation sites (N-methyl/N-ethyl adjacent to an activating group) is 1. The molecule has 2 rings (SSSR count). The molecule has 24 heavy (non-hydrogen) atoms. The molecule has 0 aromatic heterocycles. The Balaban J connectivity index is 2.07. The molecule has 0 unspecified atom stereocenters. The minimum absolute atomic E-state index is 0.173. The molecule has 1 fully saturated rings. The number of hydrogen-bond donors (Lipinski definition) is 1. The highest BCUT2D eigenvalue weighted by Crippen LogP contribution is 2.27. The molecule has 0 aliphatic carbocycles. The van der Waals surface area contributed by atoms with Gasteiger partial charge in [0.1, 0.15) is 11.4 Å². The lowest BCUT2D eigenvalue weighted by atomic mass is 9.90. The van der Waals surface area contributed by atoms with Crippen molar-refractivity contribution < 1.29 is 27.4 Å². The third-order valence-electron chi connectivity index (χ3n) is 4.09. The van der Waals surface area contributed by atoms with Gasteiger partial charge in [-0.25, -0.2) is 0 Å². The second-order valence-electron chi connectivity index (χ2n) is 5.80. The summed E-state index contributed by atoms with van der Waals surface area (Å²) in [7, 11) is 3.12. The first kappa shape index (κ1) is 18.5. The SMILES string of the molecule is COC1(C(=O)N(C)Cc2cccc(OC(F)(F)F)c2)CCNCC1. The highest BCUT2D eigenvalue weighted by Gasteiger charge is 2.41. The van der Waals surface area contributed by atoms with E-state index in [2.05, 4.69) is 10.1 Å². The molecule has 1 N–H and O–H groups in total. The van der Waals surface area contributed by atoms with Crippen molar-refractivity contribution >= 4 is 5.91 Å². The first-order chi connectivity index (χ1) is 11.3. The lowest BCUT2D eigenvalue weighted by Gasteiger charge is -2.37. The molecule has 0 saturated carbocycles. The number of carbonyl (C=O) groups excluding carboxylic acids is 1. The van der Waals surface area contributed by atoms with E-state index in [1.54, 1.807) is 13.1 Å². The van der Waals surface area contributed by atoms with Crippen LogP contribution in [0.25, 0.3) is 0 Å². The van der Waals surface area contributed by atoms with Crippen molar-refractivity contribution in [1.29, 1.82) is 0 Å². The largest absolute Gasteiger partial charge is 0.573 e. The Kier molecular flexibility index (Phi) is 5.71. The fourth-order valence-electron chi connectivity index (χ4n) is 2.87. The van der Waals surface area contributed by atoms with E-state index in [1.807, 2.05) is 0 Å². The Morgan fingerprint density at radius 1 is 1.33 bits per heavy atom. The third kappa shape index (κ3) is 4.61. The predicted molar refractivity (Wildman–Crippen MR) is 81.4 cm³/mol. The minimum atomic E-state index is -4.74. The van der Waals surface area contributed by atoms with Crippen LogP contribution >= 0.6 is 0 Å². The Morgan fingerprint density at radius 3 is 2.58 bits per heavy atom. The van der Waals surface area contributed by atoms with Crippen molar-refractivity contribution in [3.8, 4) is 5.75 Å². The smallest absolute Gasteiger partial charge is 0.406 e. The molecule has 1 aliphatic heterocycles. The van der Waals surface area contributed by atoms with Gasteiger partial charge in [-0.2, -0.15) is 0 Å². The summed E-state index contributed by atoms with van der Waals surface area (Å²) in [4.78, 5) is 14.2. The number of rotatable bonds is 5. The monoisotopic (exact) mass is 346 g/mol. The standard InChI is InChI=1S/C16H21F3N2O3/c1-21(14(22)15(23-2)6-8-20-9-7-15)11-12-4-3-5-13(10-12)24-16(17,18)19/h3-5,10,20H,6-9,11H2,1-2H3. The van der Waals surface area contributed by atoms with Crippen LogP contribution in [0.4, 0.5) is 13.2 Å². The number of alkyl halides is 3. The van der Waals surface area contributed by atoms with Gasteiger partial charge in [-0.1, -0.05) is 12.1 Å². The van der Waals surface area contributed by atoms with Crippen LogP contribution in [-0.2, 0) is 16.1 Å². The number of methoxy groups -OCH3 is 1. The van der Waals surface area contributed by atoms with Crippen LogP contribution in [0.5, 0.6) is 5.75 Å². The normalized spacial score (nSPS) is 17.4. The van der Waals surface area contributed by atoms with Crippen molar-refractivity contribution in [2.24, 2.45) is 0 Å². The van der Waals surface area contributed by atoms with Gasteiger partial charge in [-0.05, 0) is 43.6 Å². The van der Waals surface area contributed by atoms with Gasteiger partial charge in [-0.15, -0.1) is 13.2 Å². The number of halogens is 3. The average molecular weight is 346 g/mol. The van der Waals surface area contributed by atoms with Crippen molar-refractivity contribution in [3.05, 3.63) is 29.8 Å². The summed E-state index contributed by atoms with van der Waals surface area (Å²) in [5.74, 6) is -0.474. The number of ether oxygens (including phenoxy) is 2.